The highest BCUT2D eigenvalue weighted by Gasteiger charge is 2.40. The van der Waals surface area contributed by atoms with Gasteiger partial charge in [0.05, 0.1) is 11.0 Å². The topological polar surface area (TPSA) is 26.6 Å². The van der Waals surface area contributed by atoms with Crippen LogP contribution in [-0.4, -0.2) is 11.3 Å². The van der Waals surface area contributed by atoms with Crippen LogP contribution in [0, 0.1) is 0 Å². The van der Waals surface area contributed by atoms with Gasteiger partial charge in [-0.2, -0.15) is 0 Å². The molecule has 8 aromatic carbocycles. The van der Waals surface area contributed by atoms with Gasteiger partial charge >= 0.3 is 0 Å². The second-order valence-corrected chi connectivity index (χ2v) is 13.3. The Morgan fingerprint density at radius 1 is 0.431 bits per heavy atom. The smallest absolute Gasteiger partial charge is 0.260 e. The predicted octanol–water partition coefficient (Wildman–Crippen LogP) is 10.1. The summed E-state index contributed by atoms with van der Waals surface area (Å²) in [6.45, 7) is -0.00204. The van der Waals surface area contributed by atoms with Crippen molar-refractivity contribution in [1.82, 2.24) is 4.57 Å². The van der Waals surface area contributed by atoms with E-state index < -0.39 is 0 Å². The molecule has 0 fully saturated rings. The van der Waals surface area contributed by atoms with E-state index in [0.29, 0.717) is 0 Å². The molecule has 0 unspecified atom stereocenters. The summed E-state index contributed by atoms with van der Waals surface area (Å²) in [5, 5.41) is 4.72. The fourth-order valence-electron chi connectivity index (χ4n) is 8.28. The predicted molar refractivity (Wildman–Crippen MR) is 211 cm³/mol. The minimum atomic E-state index is -0.00204. The summed E-state index contributed by atoms with van der Waals surface area (Å²) >= 11 is 0. The summed E-state index contributed by atoms with van der Waals surface area (Å²) in [6.07, 6.45) is 0. The maximum atomic E-state index is 6.73. The maximum absolute atomic E-state index is 6.73. The van der Waals surface area contributed by atoms with Crippen molar-refractivity contribution in [3.8, 4) is 28.7 Å². The number of anilines is 3. The van der Waals surface area contributed by atoms with Gasteiger partial charge in [-0.3, -0.25) is 0 Å². The molecule has 0 saturated heterocycles. The van der Waals surface area contributed by atoms with Crippen molar-refractivity contribution in [2.75, 3.05) is 4.90 Å². The van der Waals surface area contributed by atoms with E-state index in [9.17, 15) is 0 Å². The fourth-order valence-corrected chi connectivity index (χ4v) is 8.28. The van der Waals surface area contributed by atoms with Crippen LogP contribution in [0.3, 0.4) is 0 Å². The van der Waals surface area contributed by atoms with Gasteiger partial charge in [0.25, 0.3) is 6.71 Å². The summed E-state index contributed by atoms with van der Waals surface area (Å²) in [5.41, 5.74) is 10.2. The largest absolute Gasteiger partial charge is 0.458 e. The van der Waals surface area contributed by atoms with Crippen LogP contribution in [0.5, 0.6) is 23.0 Å². The molecule has 2 aliphatic rings. The van der Waals surface area contributed by atoms with E-state index in [1.165, 1.54) is 21.7 Å². The van der Waals surface area contributed by atoms with Crippen LogP contribution in [0.15, 0.2) is 176 Å². The highest BCUT2D eigenvalue weighted by Crippen LogP contribution is 2.43. The second kappa shape index (κ2) is 10.9. The fraction of sp³-hybridized carbons (Fsp3) is 0. The first kappa shape index (κ1) is 28.2. The summed E-state index contributed by atoms with van der Waals surface area (Å²) in [4.78, 5) is 2.32. The molecule has 0 spiro atoms. The molecule has 0 atom stereocenters. The van der Waals surface area contributed by atoms with Crippen molar-refractivity contribution in [2.45, 2.75) is 0 Å². The van der Waals surface area contributed by atoms with Gasteiger partial charge in [0.2, 0.25) is 0 Å². The Bertz CT molecular complexity index is 2780. The van der Waals surface area contributed by atoms with Gasteiger partial charge < -0.3 is 18.9 Å². The average molecular weight is 653 g/mol. The van der Waals surface area contributed by atoms with Gasteiger partial charge in [-0.05, 0) is 95.2 Å². The van der Waals surface area contributed by atoms with Crippen molar-refractivity contribution in [1.29, 1.82) is 0 Å². The van der Waals surface area contributed by atoms with Crippen LogP contribution < -0.4 is 30.8 Å². The zero-order valence-corrected chi connectivity index (χ0v) is 27.5. The Morgan fingerprint density at radius 2 is 1.06 bits per heavy atom. The van der Waals surface area contributed by atoms with E-state index >= 15 is 0 Å². The van der Waals surface area contributed by atoms with Crippen LogP contribution in [0.1, 0.15) is 0 Å². The Kier molecular flexibility index (Phi) is 6.01. The number of hydrogen-bond acceptors (Lipinski definition) is 3. The Morgan fingerprint density at radius 3 is 1.80 bits per heavy atom. The molecule has 0 amide bonds. The number of fused-ring (bicyclic) bond motifs is 9. The SMILES string of the molecule is c1ccc(N(c2ccccc2)c2ccc3c(ccc4c5cc6c(cc5n(-c5ccccc5)c34)B3c4ccccc4Oc4cccc(c43)O6)c2)cc1. The number of aromatic nitrogens is 1. The number of hydrogen-bond donors (Lipinski definition) is 0. The van der Waals surface area contributed by atoms with Gasteiger partial charge in [0, 0.05) is 44.4 Å². The summed E-state index contributed by atoms with van der Waals surface area (Å²) in [6, 6.07) is 62.4. The summed E-state index contributed by atoms with van der Waals surface area (Å²) < 4.78 is 15.6. The van der Waals surface area contributed by atoms with E-state index in [2.05, 4.69) is 167 Å². The zero-order chi connectivity index (χ0) is 33.5. The van der Waals surface area contributed by atoms with E-state index in [1.807, 2.05) is 18.2 Å². The van der Waals surface area contributed by atoms with Crippen LogP contribution in [0.4, 0.5) is 17.1 Å². The molecule has 0 saturated carbocycles. The average Bonchev–Trinajstić information content (AvgIpc) is 3.51. The van der Waals surface area contributed by atoms with Crippen molar-refractivity contribution in [3.05, 3.63) is 176 Å². The number of rotatable bonds is 4. The molecular weight excluding hydrogens is 623 g/mol. The first-order valence-corrected chi connectivity index (χ1v) is 17.4. The molecule has 1 aromatic heterocycles. The van der Waals surface area contributed by atoms with Crippen LogP contribution >= 0.6 is 0 Å². The first-order chi connectivity index (χ1) is 25.3. The van der Waals surface area contributed by atoms with Crippen molar-refractivity contribution >= 4 is 72.7 Å². The molecule has 238 valence electrons. The minimum absolute atomic E-state index is 0.00204. The monoisotopic (exact) mass is 652 g/mol. The number of benzene rings is 8. The van der Waals surface area contributed by atoms with Crippen molar-refractivity contribution < 1.29 is 9.47 Å². The molecule has 2 aliphatic heterocycles. The second-order valence-electron chi connectivity index (χ2n) is 13.3. The van der Waals surface area contributed by atoms with Crippen LogP contribution in [0.25, 0.3) is 38.3 Å². The third-order valence-corrected chi connectivity index (χ3v) is 10.5. The highest BCUT2D eigenvalue weighted by molar-refractivity contribution is 6.98. The molecule has 0 N–H and O–H groups in total. The Balaban J connectivity index is 1.18. The van der Waals surface area contributed by atoms with Gasteiger partial charge in [0.1, 0.15) is 23.0 Å². The van der Waals surface area contributed by atoms with Gasteiger partial charge in [-0.15, -0.1) is 0 Å². The van der Waals surface area contributed by atoms with Gasteiger partial charge in [-0.25, -0.2) is 0 Å². The highest BCUT2D eigenvalue weighted by atomic mass is 16.5. The molecule has 0 radical (unpaired) electrons. The molecule has 5 heteroatoms. The van der Waals surface area contributed by atoms with Crippen molar-refractivity contribution in [3.63, 3.8) is 0 Å². The standard InChI is InChI=1S/C46H29BN2O2/c1-4-13-31(14-5-1)48(32-15-6-2-7-16-32)34-24-26-35-30(27-34)23-25-36-37-28-44-39(29-40(37)49(46(35)36)33-17-8-3-9-18-33)47-38-19-10-11-20-41(38)50-42-21-12-22-43(51-44)45(42)47/h1-29H. The maximum Gasteiger partial charge on any atom is 0.260 e. The van der Waals surface area contributed by atoms with Crippen molar-refractivity contribution in [2.24, 2.45) is 0 Å². The molecular formula is C46H29BN2O2. The quantitative estimate of drug-likeness (QED) is 0.177. The van der Waals surface area contributed by atoms with E-state index in [4.69, 9.17) is 9.47 Å². The Labute approximate surface area is 295 Å². The molecule has 3 heterocycles. The van der Waals surface area contributed by atoms with E-state index in [-0.39, 0.29) is 6.71 Å². The molecule has 9 aromatic rings. The van der Waals surface area contributed by atoms with Gasteiger partial charge in [-0.1, -0.05) is 97.1 Å². The lowest BCUT2D eigenvalue weighted by Crippen LogP contribution is -2.57. The lowest BCUT2D eigenvalue weighted by Gasteiger charge is -2.32. The first-order valence-electron chi connectivity index (χ1n) is 17.4. The normalized spacial score (nSPS) is 12.6. The zero-order valence-electron chi connectivity index (χ0n) is 27.5. The molecule has 4 nitrogen and oxygen atoms in total. The molecule has 51 heavy (non-hydrogen) atoms. The third kappa shape index (κ3) is 4.22. The number of para-hydroxylation sites is 4. The third-order valence-electron chi connectivity index (χ3n) is 10.5. The molecule has 11 rings (SSSR count). The van der Waals surface area contributed by atoms with Gasteiger partial charge in [0.15, 0.2) is 0 Å². The molecule has 0 bridgehead atoms. The number of ether oxygens (including phenoxy) is 2. The van der Waals surface area contributed by atoms with E-state index in [0.717, 1.165) is 73.0 Å². The van der Waals surface area contributed by atoms with Crippen LogP contribution in [-0.2, 0) is 0 Å². The lowest BCUT2D eigenvalue weighted by molar-refractivity contribution is 0.465. The minimum Gasteiger partial charge on any atom is -0.458 e. The lowest BCUT2D eigenvalue weighted by atomic mass is 9.35. The summed E-state index contributed by atoms with van der Waals surface area (Å²) in [7, 11) is 0. The van der Waals surface area contributed by atoms with E-state index in [1.54, 1.807) is 0 Å². The Hall–Kier alpha value is -6.72. The molecule has 0 aliphatic carbocycles. The van der Waals surface area contributed by atoms with Crippen LogP contribution in [0.2, 0.25) is 0 Å². The summed E-state index contributed by atoms with van der Waals surface area (Å²) in [5.74, 6) is 3.49. The number of nitrogens with zero attached hydrogens (tertiary/aromatic N) is 2.